The van der Waals surface area contributed by atoms with Crippen LogP contribution in [0, 0.1) is 5.92 Å². The first-order valence-corrected chi connectivity index (χ1v) is 9.81. The van der Waals surface area contributed by atoms with E-state index in [1.807, 2.05) is 12.3 Å². The third kappa shape index (κ3) is 3.74. The molecule has 4 heterocycles. The molecule has 29 heavy (non-hydrogen) atoms. The molecule has 3 aliphatic heterocycles. The number of piperidine rings is 2. The van der Waals surface area contributed by atoms with Gasteiger partial charge in [-0.2, -0.15) is 0 Å². The van der Waals surface area contributed by atoms with E-state index in [2.05, 4.69) is 25.9 Å². The predicted octanol–water partition coefficient (Wildman–Crippen LogP) is -1.32. The molecule has 10 N–H and O–H groups in total. The number of nitrogens with two attached hydrogens (primary N) is 3. The zero-order chi connectivity index (χ0) is 20.5. The maximum Gasteiger partial charge on any atom is 0.265 e. The zero-order valence-electron chi connectivity index (χ0n) is 16.1. The van der Waals surface area contributed by atoms with Crippen molar-refractivity contribution in [3.05, 3.63) is 23.4 Å². The standard InChI is InChI=1S/C18H28N8O3/c19-25-18(28)14-7-23-17-13(1-2-22-17)16(14)26(20)12-5-10-3-9(15(27)8-29-21)4-11(6-12)24-10/h1-2,9-12,22-24H,3-8,19-21H2,(H,25,28)/t9?,10-,11+,12?. The number of aromatic nitrogens is 1. The molecule has 0 saturated carbocycles. The lowest BCUT2D eigenvalue weighted by Crippen LogP contribution is -2.58. The Hall–Kier alpha value is -2.44. The van der Waals surface area contributed by atoms with Gasteiger partial charge in [0.25, 0.3) is 5.91 Å². The molecular weight excluding hydrogens is 376 g/mol. The molecule has 11 nitrogen and oxygen atoms in total. The van der Waals surface area contributed by atoms with Gasteiger partial charge >= 0.3 is 0 Å². The molecule has 3 aliphatic rings. The molecule has 1 aromatic heterocycles. The molecule has 2 fully saturated rings. The lowest BCUT2D eigenvalue weighted by Gasteiger charge is -2.46. The summed E-state index contributed by atoms with van der Waals surface area (Å²) in [7, 11) is 0. The number of ketones is 1. The van der Waals surface area contributed by atoms with Crippen molar-refractivity contribution in [3.63, 3.8) is 0 Å². The number of nitrogens with zero attached hydrogens (tertiary/aromatic N) is 1. The Balaban J connectivity index is 1.55. The SMILES string of the molecule is NNC(=O)C1=C(N(N)C2C[C@H]3CC(C(=O)CON)C[C@@H](C2)N3)c2cc[nH]c2NC1. The summed E-state index contributed by atoms with van der Waals surface area (Å²) in [4.78, 5) is 32.2. The number of rotatable bonds is 6. The van der Waals surface area contributed by atoms with Gasteiger partial charge in [-0.05, 0) is 31.7 Å². The Morgan fingerprint density at radius 2 is 1.97 bits per heavy atom. The van der Waals surface area contributed by atoms with Crippen LogP contribution in [0.2, 0.25) is 0 Å². The molecule has 2 saturated heterocycles. The van der Waals surface area contributed by atoms with E-state index in [9.17, 15) is 9.59 Å². The van der Waals surface area contributed by atoms with Crippen LogP contribution >= 0.6 is 0 Å². The third-order valence-electron chi connectivity index (χ3n) is 6.19. The van der Waals surface area contributed by atoms with Crippen LogP contribution in [0.5, 0.6) is 0 Å². The molecule has 0 aliphatic carbocycles. The lowest BCUT2D eigenvalue weighted by atomic mass is 9.76. The number of carbonyl (C=O) groups is 2. The predicted molar refractivity (Wildman–Crippen MR) is 106 cm³/mol. The van der Waals surface area contributed by atoms with Crippen LogP contribution in [0.15, 0.2) is 17.8 Å². The van der Waals surface area contributed by atoms with Crippen molar-refractivity contribution < 1.29 is 14.4 Å². The molecule has 4 rings (SSSR count). The van der Waals surface area contributed by atoms with Crippen LogP contribution in [0.25, 0.3) is 5.70 Å². The minimum atomic E-state index is -0.364. The minimum Gasteiger partial charge on any atom is -0.367 e. The first-order chi connectivity index (χ1) is 14.0. The van der Waals surface area contributed by atoms with Crippen LogP contribution in [-0.2, 0) is 14.4 Å². The highest BCUT2D eigenvalue weighted by Gasteiger charge is 2.41. The first-order valence-electron chi connectivity index (χ1n) is 9.81. The number of fused-ring (bicyclic) bond motifs is 3. The van der Waals surface area contributed by atoms with E-state index in [1.54, 1.807) is 5.01 Å². The van der Waals surface area contributed by atoms with Gasteiger partial charge in [0, 0.05) is 42.3 Å². The van der Waals surface area contributed by atoms with Gasteiger partial charge in [0.1, 0.15) is 12.4 Å². The number of hydrogen-bond acceptors (Lipinski definition) is 9. The number of hydrogen-bond donors (Lipinski definition) is 7. The quantitative estimate of drug-likeness (QED) is 0.172. The Labute approximate surface area is 168 Å². The monoisotopic (exact) mass is 404 g/mol. The van der Waals surface area contributed by atoms with Gasteiger partial charge in [-0.25, -0.2) is 17.6 Å². The highest BCUT2D eigenvalue weighted by Crippen LogP contribution is 2.37. The van der Waals surface area contributed by atoms with Gasteiger partial charge in [0.15, 0.2) is 5.78 Å². The molecule has 4 atom stereocenters. The Morgan fingerprint density at radius 1 is 1.24 bits per heavy atom. The number of carbonyl (C=O) groups excluding carboxylic acids is 2. The van der Waals surface area contributed by atoms with Crippen molar-refractivity contribution in [2.75, 3.05) is 18.5 Å². The van der Waals surface area contributed by atoms with E-state index < -0.39 is 0 Å². The molecule has 0 spiro atoms. The molecular formula is C18H28N8O3. The second kappa shape index (κ2) is 8.13. The minimum absolute atomic E-state index is 0.0319. The third-order valence-corrected chi connectivity index (χ3v) is 6.19. The fourth-order valence-corrected chi connectivity index (χ4v) is 4.91. The fourth-order valence-electron chi connectivity index (χ4n) is 4.91. The van der Waals surface area contributed by atoms with Crippen molar-refractivity contribution in [1.29, 1.82) is 0 Å². The highest BCUT2D eigenvalue weighted by molar-refractivity contribution is 6.03. The van der Waals surface area contributed by atoms with E-state index in [-0.39, 0.29) is 42.3 Å². The fraction of sp³-hybridized carbons (Fsp3) is 0.556. The van der Waals surface area contributed by atoms with Crippen LogP contribution in [0.3, 0.4) is 0 Å². The van der Waals surface area contributed by atoms with Gasteiger partial charge < -0.3 is 20.6 Å². The second-order valence-corrected chi connectivity index (χ2v) is 7.96. The van der Waals surface area contributed by atoms with Crippen LogP contribution in [0.1, 0.15) is 31.2 Å². The summed E-state index contributed by atoms with van der Waals surface area (Å²) in [5, 5.41) is 8.48. The Morgan fingerprint density at radius 3 is 2.62 bits per heavy atom. The van der Waals surface area contributed by atoms with Crippen LogP contribution in [-0.4, -0.2) is 53.0 Å². The molecule has 1 aromatic rings. The number of H-pyrrole nitrogens is 1. The number of Topliss-reactive ketones (excluding diaryl/α,β-unsaturated/α-hetero) is 1. The summed E-state index contributed by atoms with van der Waals surface area (Å²) in [6.45, 7) is 0.275. The molecule has 158 valence electrons. The zero-order valence-corrected chi connectivity index (χ0v) is 16.1. The number of nitrogens with one attached hydrogen (secondary N) is 4. The van der Waals surface area contributed by atoms with Crippen LogP contribution in [0.4, 0.5) is 5.82 Å². The number of aromatic amines is 1. The maximum atomic E-state index is 12.4. The average molecular weight is 404 g/mol. The van der Waals surface area contributed by atoms with E-state index in [4.69, 9.17) is 17.6 Å². The van der Waals surface area contributed by atoms with Crippen molar-refractivity contribution in [2.45, 2.75) is 43.8 Å². The van der Waals surface area contributed by atoms with E-state index in [0.717, 1.165) is 37.1 Å². The topological polar surface area (TPSA) is 177 Å². The van der Waals surface area contributed by atoms with Crippen molar-refractivity contribution in [2.24, 2.45) is 23.5 Å². The second-order valence-electron chi connectivity index (χ2n) is 7.96. The van der Waals surface area contributed by atoms with E-state index in [0.29, 0.717) is 17.8 Å². The summed E-state index contributed by atoms with van der Waals surface area (Å²) < 4.78 is 0. The highest BCUT2D eigenvalue weighted by atomic mass is 16.6. The summed E-state index contributed by atoms with van der Waals surface area (Å²) in [5.41, 5.74) is 4.23. The molecule has 1 amide bonds. The van der Waals surface area contributed by atoms with Gasteiger partial charge in [-0.15, -0.1) is 0 Å². The smallest absolute Gasteiger partial charge is 0.265 e. The number of anilines is 1. The van der Waals surface area contributed by atoms with Gasteiger partial charge in [0.05, 0.1) is 11.3 Å². The summed E-state index contributed by atoms with van der Waals surface area (Å²) in [5.74, 6) is 17.5. The van der Waals surface area contributed by atoms with E-state index in [1.165, 1.54) is 0 Å². The largest absolute Gasteiger partial charge is 0.367 e. The van der Waals surface area contributed by atoms with Crippen molar-refractivity contribution >= 4 is 23.2 Å². The number of amides is 1. The molecule has 11 heteroatoms. The molecule has 2 bridgehead atoms. The first kappa shape index (κ1) is 19.9. The molecule has 0 aromatic carbocycles. The van der Waals surface area contributed by atoms with Crippen molar-refractivity contribution in [1.82, 2.24) is 20.7 Å². The lowest BCUT2D eigenvalue weighted by molar-refractivity contribution is -0.129. The number of hydrazine groups is 2. The maximum absolute atomic E-state index is 12.4. The average Bonchev–Trinajstić information content (AvgIpc) is 3.20. The normalized spacial score (nSPS) is 28.4. The summed E-state index contributed by atoms with van der Waals surface area (Å²) in [6, 6.07) is 2.27. The van der Waals surface area contributed by atoms with Gasteiger partial charge in [-0.3, -0.25) is 19.9 Å². The molecule has 0 radical (unpaired) electrons. The summed E-state index contributed by atoms with van der Waals surface area (Å²) >= 11 is 0. The van der Waals surface area contributed by atoms with E-state index >= 15 is 0 Å². The van der Waals surface area contributed by atoms with Crippen LogP contribution < -0.4 is 33.6 Å². The summed E-state index contributed by atoms with van der Waals surface area (Å²) in [6.07, 6.45) is 4.81. The Kier molecular flexibility index (Phi) is 5.56. The van der Waals surface area contributed by atoms with Crippen molar-refractivity contribution in [3.8, 4) is 0 Å². The molecule has 2 unspecified atom stereocenters. The Bertz CT molecular complexity index is 808. The van der Waals surface area contributed by atoms with Gasteiger partial charge in [0.2, 0.25) is 0 Å². The van der Waals surface area contributed by atoms with Gasteiger partial charge in [-0.1, -0.05) is 0 Å².